The van der Waals surface area contributed by atoms with E-state index in [9.17, 15) is 9.18 Å². The molecule has 4 rings (SSSR count). The molecule has 1 aliphatic rings. The van der Waals surface area contributed by atoms with Crippen molar-refractivity contribution in [3.63, 3.8) is 0 Å². The average Bonchev–Trinajstić information content (AvgIpc) is 3.35. The topological polar surface area (TPSA) is 59.1 Å². The SMILES string of the molecule is COc1ccc(C(=O)NC[C@H](c2ccco2)[NH+]2CCN(c3ccc(F)cc3)CC2)cc1. The third-order valence-electron chi connectivity index (χ3n) is 5.80. The molecule has 1 aliphatic heterocycles. The molecule has 1 amide bonds. The molecule has 2 aromatic carbocycles. The van der Waals surface area contributed by atoms with Crippen LogP contribution < -0.4 is 19.9 Å². The van der Waals surface area contributed by atoms with Gasteiger partial charge in [-0.05, 0) is 60.7 Å². The van der Waals surface area contributed by atoms with Crippen LogP contribution in [0.4, 0.5) is 10.1 Å². The van der Waals surface area contributed by atoms with Gasteiger partial charge in [-0.1, -0.05) is 0 Å². The van der Waals surface area contributed by atoms with Gasteiger partial charge in [0.2, 0.25) is 0 Å². The molecule has 7 heteroatoms. The maximum atomic E-state index is 13.2. The van der Waals surface area contributed by atoms with E-state index >= 15 is 0 Å². The van der Waals surface area contributed by atoms with Crippen molar-refractivity contribution in [2.75, 3.05) is 44.7 Å². The standard InChI is InChI=1S/C24H26FN3O3/c1-30-21-10-4-18(5-11-21)24(29)26-17-22(23-3-2-16-31-23)28-14-12-27(13-15-28)20-8-6-19(25)7-9-20/h2-11,16,22H,12-15,17H2,1H3,(H,26,29)/p+1/t22-/m1/s1. The van der Waals surface area contributed by atoms with Gasteiger partial charge >= 0.3 is 0 Å². The first kappa shape index (κ1) is 20.9. The van der Waals surface area contributed by atoms with Crippen molar-refractivity contribution >= 4 is 11.6 Å². The normalized spacial score (nSPS) is 15.5. The number of benzene rings is 2. The number of halogens is 1. The highest BCUT2D eigenvalue weighted by molar-refractivity contribution is 5.94. The van der Waals surface area contributed by atoms with Crippen LogP contribution in [-0.2, 0) is 0 Å². The number of carbonyl (C=O) groups excluding carboxylic acids is 1. The largest absolute Gasteiger partial charge is 0.497 e. The van der Waals surface area contributed by atoms with Crippen LogP contribution in [0, 0.1) is 5.82 Å². The number of anilines is 1. The summed E-state index contributed by atoms with van der Waals surface area (Å²) in [5.41, 5.74) is 1.62. The molecule has 0 saturated carbocycles. The van der Waals surface area contributed by atoms with E-state index in [-0.39, 0.29) is 17.8 Å². The van der Waals surface area contributed by atoms with Gasteiger partial charge < -0.3 is 24.3 Å². The van der Waals surface area contributed by atoms with Gasteiger partial charge in [0.25, 0.3) is 5.91 Å². The number of hydrogen-bond acceptors (Lipinski definition) is 4. The Morgan fingerprint density at radius 2 is 1.84 bits per heavy atom. The van der Waals surface area contributed by atoms with Gasteiger partial charge in [-0.3, -0.25) is 4.79 Å². The van der Waals surface area contributed by atoms with E-state index in [0.29, 0.717) is 17.9 Å². The molecule has 1 aromatic heterocycles. The summed E-state index contributed by atoms with van der Waals surface area (Å²) in [6.07, 6.45) is 1.67. The predicted octanol–water partition coefficient (Wildman–Crippen LogP) is 2.30. The van der Waals surface area contributed by atoms with Gasteiger partial charge in [0.1, 0.15) is 11.6 Å². The quantitative estimate of drug-likeness (QED) is 0.611. The Morgan fingerprint density at radius 3 is 2.45 bits per heavy atom. The van der Waals surface area contributed by atoms with Crippen LogP contribution >= 0.6 is 0 Å². The van der Waals surface area contributed by atoms with Crippen molar-refractivity contribution < 1.29 is 23.2 Å². The molecule has 0 spiro atoms. The first-order valence-electron chi connectivity index (χ1n) is 10.4. The van der Waals surface area contributed by atoms with Crippen molar-refractivity contribution in [1.82, 2.24) is 5.32 Å². The minimum Gasteiger partial charge on any atom is -0.497 e. The Kier molecular flexibility index (Phi) is 6.52. The molecule has 162 valence electrons. The lowest BCUT2D eigenvalue weighted by atomic mass is 10.1. The molecule has 31 heavy (non-hydrogen) atoms. The van der Waals surface area contributed by atoms with Crippen LogP contribution in [0.1, 0.15) is 22.2 Å². The van der Waals surface area contributed by atoms with Crippen LogP contribution in [0.25, 0.3) is 0 Å². The fraction of sp³-hybridized carbons (Fsp3) is 0.292. The monoisotopic (exact) mass is 424 g/mol. The summed E-state index contributed by atoms with van der Waals surface area (Å²) in [5, 5.41) is 3.06. The zero-order valence-corrected chi connectivity index (χ0v) is 17.5. The number of methoxy groups -OCH3 is 1. The van der Waals surface area contributed by atoms with E-state index in [0.717, 1.165) is 37.6 Å². The summed E-state index contributed by atoms with van der Waals surface area (Å²) in [4.78, 5) is 16.2. The van der Waals surface area contributed by atoms with Crippen LogP contribution in [-0.4, -0.2) is 45.7 Å². The van der Waals surface area contributed by atoms with Crippen molar-refractivity contribution in [1.29, 1.82) is 0 Å². The second-order valence-electron chi connectivity index (χ2n) is 7.63. The number of nitrogens with one attached hydrogen (secondary N) is 2. The molecule has 1 saturated heterocycles. The summed E-state index contributed by atoms with van der Waals surface area (Å²) < 4.78 is 24.1. The van der Waals surface area contributed by atoms with Crippen LogP contribution in [0.2, 0.25) is 0 Å². The Bertz CT molecular complexity index is 966. The first-order chi connectivity index (χ1) is 15.1. The molecule has 1 atom stereocenters. The number of ether oxygens (including phenoxy) is 1. The van der Waals surface area contributed by atoms with Crippen molar-refractivity contribution in [2.24, 2.45) is 0 Å². The average molecular weight is 424 g/mol. The molecule has 0 aliphatic carbocycles. The second-order valence-corrected chi connectivity index (χ2v) is 7.63. The third kappa shape index (κ3) is 5.06. The van der Waals surface area contributed by atoms with E-state index < -0.39 is 0 Å². The zero-order chi connectivity index (χ0) is 21.6. The number of amides is 1. The molecule has 0 bridgehead atoms. The fourth-order valence-electron chi connectivity index (χ4n) is 4.03. The lowest BCUT2D eigenvalue weighted by Gasteiger charge is -2.37. The smallest absolute Gasteiger partial charge is 0.251 e. The first-order valence-corrected chi connectivity index (χ1v) is 10.4. The Morgan fingerprint density at radius 1 is 1.13 bits per heavy atom. The van der Waals surface area contributed by atoms with E-state index in [1.54, 1.807) is 37.6 Å². The summed E-state index contributed by atoms with van der Waals surface area (Å²) in [6, 6.07) is 17.5. The number of carbonyl (C=O) groups is 1. The lowest BCUT2D eigenvalue weighted by Crippen LogP contribution is -3.15. The van der Waals surface area contributed by atoms with Gasteiger partial charge in [0, 0.05) is 11.3 Å². The second kappa shape index (κ2) is 9.66. The highest BCUT2D eigenvalue weighted by Gasteiger charge is 2.31. The lowest BCUT2D eigenvalue weighted by molar-refractivity contribution is -0.932. The molecule has 0 radical (unpaired) electrons. The van der Waals surface area contributed by atoms with Crippen LogP contribution in [0.5, 0.6) is 5.75 Å². The van der Waals surface area contributed by atoms with E-state index in [4.69, 9.17) is 9.15 Å². The summed E-state index contributed by atoms with van der Waals surface area (Å²) >= 11 is 0. The highest BCUT2D eigenvalue weighted by atomic mass is 19.1. The number of quaternary nitrogens is 1. The molecule has 2 heterocycles. The summed E-state index contributed by atoms with van der Waals surface area (Å²) in [7, 11) is 1.60. The molecular weight excluding hydrogens is 397 g/mol. The minimum absolute atomic E-state index is 0.0209. The molecule has 6 nitrogen and oxygen atoms in total. The van der Waals surface area contributed by atoms with Crippen LogP contribution in [0.15, 0.2) is 71.3 Å². The summed E-state index contributed by atoms with van der Waals surface area (Å²) in [5.74, 6) is 1.23. The minimum atomic E-state index is -0.224. The van der Waals surface area contributed by atoms with Gasteiger partial charge in [0.05, 0.1) is 46.1 Å². The predicted molar refractivity (Wildman–Crippen MR) is 116 cm³/mol. The maximum absolute atomic E-state index is 13.2. The maximum Gasteiger partial charge on any atom is 0.251 e. The Hall–Kier alpha value is -3.32. The van der Waals surface area contributed by atoms with Crippen molar-refractivity contribution in [2.45, 2.75) is 6.04 Å². The van der Waals surface area contributed by atoms with Gasteiger partial charge in [-0.25, -0.2) is 4.39 Å². The van der Waals surface area contributed by atoms with Gasteiger partial charge in [-0.2, -0.15) is 0 Å². The molecule has 0 unspecified atom stereocenters. The van der Waals surface area contributed by atoms with Gasteiger partial charge in [-0.15, -0.1) is 0 Å². The number of hydrogen-bond donors (Lipinski definition) is 2. The number of rotatable bonds is 7. The van der Waals surface area contributed by atoms with E-state index in [1.165, 1.54) is 17.0 Å². The van der Waals surface area contributed by atoms with Crippen LogP contribution in [0.3, 0.4) is 0 Å². The van der Waals surface area contributed by atoms with Crippen molar-refractivity contribution in [3.8, 4) is 5.75 Å². The number of nitrogens with zero attached hydrogens (tertiary/aromatic N) is 1. The summed E-state index contributed by atoms with van der Waals surface area (Å²) in [6.45, 7) is 3.96. The Balaban J connectivity index is 1.39. The highest BCUT2D eigenvalue weighted by Crippen LogP contribution is 2.16. The molecule has 1 fully saturated rings. The third-order valence-corrected chi connectivity index (χ3v) is 5.80. The fourth-order valence-corrected chi connectivity index (χ4v) is 4.03. The van der Waals surface area contributed by atoms with Gasteiger partial charge in [0.15, 0.2) is 11.8 Å². The molecular formula is C24H27FN3O3+. The number of piperazine rings is 1. The molecule has 2 N–H and O–H groups in total. The van der Waals surface area contributed by atoms with E-state index in [1.807, 2.05) is 24.3 Å². The Labute approximate surface area is 181 Å². The zero-order valence-electron chi connectivity index (χ0n) is 17.5. The molecule has 3 aromatic rings. The van der Waals surface area contributed by atoms with E-state index in [2.05, 4.69) is 10.2 Å². The van der Waals surface area contributed by atoms with Crippen molar-refractivity contribution in [3.05, 3.63) is 84.1 Å². The number of furan rings is 1.